The fourth-order valence-corrected chi connectivity index (χ4v) is 3.45. The van der Waals surface area contributed by atoms with Crippen LogP contribution in [-0.4, -0.2) is 5.78 Å². The lowest BCUT2D eigenvalue weighted by atomic mass is 10.1. The van der Waals surface area contributed by atoms with E-state index in [1.807, 2.05) is 5.38 Å². The van der Waals surface area contributed by atoms with Gasteiger partial charge in [0, 0.05) is 20.4 Å². The van der Waals surface area contributed by atoms with Crippen LogP contribution in [0.2, 0.25) is 5.02 Å². The quantitative estimate of drug-likeness (QED) is 0.658. The molecule has 0 radical (unpaired) electrons. The van der Waals surface area contributed by atoms with Gasteiger partial charge in [0.1, 0.15) is 0 Å². The number of rotatable bonds is 2. The second-order valence-corrected chi connectivity index (χ2v) is 6.03. The van der Waals surface area contributed by atoms with Gasteiger partial charge in [0.25, 0.3) is 0 Å². The molecule has 0 fully saturated rings. The van der Waals surface area contributed by atoms with Crippen LogP contribution in [0.3, 0.4) is 0 Å². The van der Waals surface area contributed by atoms with Crippen molar-refractivity contribution in [2.24, 2.45) is 0 Å². The Labute approximate surface area is 119 Å². The Morgan fingerprint density at radius 3 is 2.31 bits per heavy atom. The molecule has 82 valence electrons. The summed E-state index contributed by atoms with van der Waals surface area (Å²) in [6.07, 6.45) is 0. The van der Waals surface area contributed by atoms with Crippen LogP contribution in [0.1, 0.15) is 15.2 Å². The first-order valence-corrected chi connectivity index (χ1v) is 7.16. The SMILES string of the molecule is O=C(c1ccc(Cl)cc1)c1scc(Br)c1Br. The van der Waals surface area contributed by atoms with Gasteiger partial charge in [0.05, 0.1) is 9.35 Å². The van der Waals surface area contributed by atoms with Gasteiger partial charge < -0.3 is 0 Å². The van der Waals surface area contributed by atoms with Gasteiger partial charge >= 0.3 is 0 Å². The topological polar surface area (TPSA) is 17.1 Å². The zero-order chi connectivity index (χ0) is 11.7. The number of hydrogen-bond donors (Lipinski definition) is 0. The monoisotopic (exact) mass is 378 g/mol. The molecule has 0 unspecified atom stereocenters. The van der Waals surface area contributed by atoms with Crippen molar-refractivity contribution in [3.8, 4) is 0 Å². The minimum Gasteiger partial charge on any atom is -0.288 e. The number of thiophene rings is 1. The van der Waals surface area contributed by atoms with Gasteiger partial charge in [-0.3, -0.25) is 4.79 Å². The third-order valence-corrected chi connectivity index (χ3v) is 5.78. The third kappa shape index (κ3) is 2.40. The van der Waals surface area contributed by atoms with E-state index in [2.05, 4.69) is 31.9 Å². The maximum absolute atomic E-state index is 12.1. The van der Waals surface area contributed by atoms with E-state index < -0.39 is 0 Å². The first-order valence-electron chi connectivity index (χ1n) is 4.32. The van der Waals surface area contributed by atoms with Crippen LogP contribution >= 0.6 is 54.8 Å². The second-order valence-electron chi connectivity index (χ2n) is 3.06. The van der Waals surface area contributed by atoms with Crippen molar-refractivity contribution in [3.05, 3.63) is 54.1 Å². The highest BCUT2D eigenvalue weighted by Gasteiger charge is 2.16. The Hall–Kier alpha value is -0.160. The van der Waals surface area contributed by atoms with Gasteiger partial charge in [0.2, 0.25) is 5.78 Å². The minimum absolute atomic E-state index is 0.000702. The molecule has 0 saturated heterocycles. The van der Waals surface area contributed by atoms with Crippen molar-refractivity contribution in [2.75, 3.05) is 0 Å². The summed E-state index contributed by atoms with van der Waals surface area (Å²) in [5.74, 6) is -0.000702. The molecular weight excluding hydrogens is 375 g/mol. The molecule has 0 spiro atoms. The highest BCUT2D eigenvalue weighted by atomic mass is 79.9. The summed E-state index contributed by atoms with van der Waals surface area (Å²) in [7, 11) is 0. The average molecular weight is 380 g/mol. The van der Waals surface area contributed by atoms with Crippen LogP contribution < -0.4 is 0 Å². The Balaban J connectivity index is 2.39. The normalized spacial score (nSPS) is 10.4. The Morgan fingerprint density at radius 2 is 1.81 bits per heavy atom. The molecule has 2 aromatic rings. The van der Waals surface area contributed by atoms with Crippen LogP contribution in [0.4, 0.5) is 0 Å². The van der Waals surface area contributed by atoms with Crippen molar-refractivity contribution in [2.45, 2.75) is 0 Å². The zero-order valence-electron chi connectivity index (χ0n) is 7.84. The molecule has 16 heavy (non-hydrogen) atoms. The van der Waals surface area contributed by atoms with E-state index in [-0.39, 0.29) is 5.78 Å². The lowest BCUT2D eigenvalue weighted by Gasteiger charge is -1.99. The summed E-state index contributed by atoms with van der Waals surface area (Å²) in [5.41, 5.74) is 0.638. The Kier molecular flexibility index (Phi) is 3.85. The highest BCUT2D eigenvalue weighted by molar-refractivity contribution is 9.13. The Morgan fingerprint density at radius 1 is 1.19 bits per heavy atom. The molecule has 1 aromatic carbocycles. The minimum atomic E-state index is -0.000702. The van der Waals surface area contributed by atoms with Gasteiger partial charge in [-0.1, -0.05) is 11.6 Å². The van der Waals surface area contributed by atoms with Gasteiger partial charge in [0.15, 0.2) is 0 Å². The summed E-state index contributed by atoms with van der Waals surface area (Å²) in [4.78, 5) is 12.8. The van der Waals surface area contributed by atoms with Gasteiger partial charge in [-0.15, -0.1) is 11.3 Å². The maximum atomic E-state index is 12.1. The molecule has 0 N–H and O–H groups in total. The number of hydrogen-bond acceptors (Lipinski definition) is 2. The predicted octanol–water partition coefficient (Wildman–Crippen LogP) is 5.16. The highest BCUT2D eigenvalue weighted by Crippen LogP contribution is 2.34. The van der Waals surface area contributed by atoms with E-state index >= 15 is 0 Å². The van der Waals surface area contributed by atoms with Gasteiger partial charge in [-0.05, 0) is 56.1 Å². The fourth-order valence-electron chi connectivity index (χ4n) is 1.21. The lowest BCUT2D eigenvalue weighted by molar-refractivity contribution is 0.104. The number of halogens is 3. The van der Waals surface area contributed by atoms with E-state index in [0.717, 1.165) is 8.95 Å². The predicted molar refractivity (Wildman–Crippen MR) is 74.6 cm³/mol. The Bertz CT molecular complexity index is 533. The zero-order valence-corrected chi connectivity index (χ0v) is 12.6. The molecule has 5 heteroatoms. The molecule has 1 nitrogen and oxygen atoms in total. The van der Waals surface area contributed by atoms with Gasteiger partial charge in [-0.25, -0.2) is 0 Å². The summed E-state index contributed by atoms with van der Waals surface area (Å²) in [6, 6.07) is 6.88. The standard InChI is InChI=1S/C11H5Br2ClOS/c12-8-5-16-11(9(8)13)10(15)6-1-3-7(14)4-2-6/h1-5H. The van der Waals surface area contributed by atoms with Crippen molar-refractivity contribution >= 4 is 60.6 Å². The van der Waals surface area contributed by atoms with E-state index in [0.29, 0.717) is 15.5 Å². The molecule has 2 rings (SSSR count). The molecular formula is C11H5Br2ClOS. The van der Waals surface area contributed by atoms with E-state index in [9.17, 15) is 4.79 Å². The van der Waals surface area contributed by atoms with E-state index in [4.69, 9.17) is 11.6 Å². The first kappa shape index (κ1) is 12.3. The number of carbonyl (C=O) groups excluding carboxylic acids is 1. The number of benzene rings is 1. The molecule has 0 amide bonds. The van der Waals surface area contributed by atoms with E-state index in [1.165, 1.54) is 11.3 Å². The van der Waals surface area contributed by atoms with Gasteiger partial charge in [-0.2, -0.15) is 0 Å². The van der Waals surface area contributed by atoms with Crippen LogP contribution in [0, 0.1) is 0 Å². The first-order chi connectivity index (χ1) is 7.59. The van der Waals surface area contributed by atoms with Crippen molar-refractivity contribution in [3.63, 3.8) is 0 Å². The van der Waals surface area contributed by atoms with Crippen LogP contribution in [0.5, 0.6) is 0 Å². The summed E-state index contributed by atoms with van der Waals surface area (Å²) < 4.78 is 1.70. The average Bonchev–Trinajstić information content (AvgIpc) is 2.60. The molecule has 1 heterocycles. The van der Waals surface area contributed by atoms with Crippen molar-refractivity contribution < 1.29 is 4.79 Å². The molecule has 0 atom stereocenters. The van der Waals surface area contributed by atoms with Crippen molar-refractivity contribution in [1.29, 1.82) is 0 Å². The maximum Gasteiger partial charge on any atom is 0.204 e. The van der Waals surface area contributed by atoms with E-state index in [1.54, 1.807) is 24.3 Å². The van der Waals surface area contributed by atoms with Crippen LogP contribution in [0.25, 0.3) is 0 Å². The van der Waals surface area contributed by atoms with Crippen LogP contribution in [-0.2, 0) is 0 Å². The lowest BCUT2D eigenvalue weighted by Crippen LogP contribution is -1.98. The molecule has 0 saturated carbocycles. The smallest absolute Gasteiger partial charge is 0.204 e. The molecule has 0 aliphatic carbocycles. The summed E-state index contributed by atoms with van der Waals surface area (Å²) in [5, 5.41) is 2.51. The molecule has 1 aromatic heterocycles. The number of ketones is 1. The second kappa shape index (κ2) is 5.00. The summed E-state index contributed by atoms with van der Waals surface area (Å²) in [6.45, 7) is 0. The molecule has 0 aliphatic rings. The fraction of sp³-hybridized carbons (Fsp3) is 0. The van der Waals surface area contributed by atoms with Crippen molar-refractivity contribution in [1.82, 2.24) is 0 Å². The summed E-state index contributed by atoms with van der Waals surface area (Å²) >= 11 is 13.9. The third-order valence-electron chi connectivity index (χ3n) is 2.00. The molecule has 0 aliphatic heterocycles. The molecule has 0 bridgehead atoms. The largest absolute Gasteiger partial charge is 0.288 e. The van der Waals surface area contributed by atoms with Crippen LogP contribution in [0.15, 0.2) is 38.6 Å². The number of carbonyl (C=O) groups is 1.